The fourth-order valence-corrected chi connectivity index (χ4v) is 1.16. The Labute approximate surface area is 78.2 Å². The number of nitrogens with zero attached hydrogens (tertiary/aromatic N) is 1. The summed E-state index contributed by atoms with van der Waals surface area (Å²) in [5, 5.41) is 12.1. The molecule has 0 spiro atoms. The van der Waals surface area contributed by atoms with E-state index in [1.807, 2.05) is 12.2 Å². The van der Waals surface area contributed by atoms with E-state index in [9.17, 15) is 5.11 Å². The minimum absolute atomic E-state index is 0.727. The normalized spacial score (nSPS) is 18.2. The highest BCUT2D eigenvalue weighted by Crippen LogP contribution is 2.17. The van der Waals surface area contributed by atoms with Gasteiger partial charge in [0.25, 0.3) is 0 Å². The Morgan fingerprint density at radius 1 is 1.54 bits per heavy atom. The molecule has 2 N–H and O–H groups in total. The Hall–Kier alpha value is -1.35. The highest BCUT2D eigenvalue weighted by atomic mass is 16.3. The SMILES string of the molecule is C=CC(O)NC1=CCCC=C1N=C. The second kappa shape index (κ2) is 4.62. The van der Waals surface area contributed by atoms with Crippen molar-refractivity contribution in [3.05, 3.63) is 36.2 Å². The highest BCUT2D eigenvalue weighted by molar-refractivity contribution is 5.39. The van der Waals surface area contributed by atoms with Crippen molar-refractivity contribution in [3.63, 3.8) is 0 Å². The molecule has 0 radical (unpaired) electrons. The number of rotatable bonds is 4. The van der Waals surface area contributed by atoms with Gasteiger partial charge in [0.1, 0.15) is 6.23 Å². The number of hydrogen-bond donors (Lipinski definition) is 2. The van der Waals surface area contributed by atoms with E-state index in [0.717, 1.165) is 24.2 Å². The van der Waals surface area contributed by atoms with E-state index in [1.54, 1.807) is 0 Å². The molecule has 1 atom stereocenters. The zero-order chi connectivity index (χ0) is 9.68. The van der Waals surface area contributed by atoms with Gasteiger partial charge in [-0.25, -0.2) is 0 Å². The number of aliphatic imine (C=N–C) groups is 1. The molecule has 0 aromatic heterocycles. The average Bonchev–Trinajstić information content (AvgIpc) is 2.18. The summed E-state index contributed by atoms with van der Waals surface area (Å²) in [6.07, 6.45) is 6.63. The topological polar surface area (TPSA) is 44.6 Å². The van der Waals surface area contributed by atoms with Crippen LogP contribution in [0.15, 0.2) is 41.2 Å². The molecule has 0 aromatic rings. The standard InChI is InChI=1S/C10H14N2O/c1-3-10(13)12-9-7-5-4-6-8(9)11-2/h3,6-7,10,12-13H,1-2,4-5H2. The lowest BCUT2D eigenvalue weighted by atomic mass is 10.1. The van der Waals surface area contributed by atoms with Crippen LogP contribution in [0.5, 0.6) is 0 Å². The van der Waals surface area contributed by atoms with Gasteiger partial charge >= 0.3 is 0 Å². The monoisotopic (exact) mass is 178 g/mol. The lowest BCUT2D eigenvalue weighted by Crippen LogP contribution is -2.27. The van der Waals surface area contributed by atoms with Gasteiger partial charge in [-0.2, -0.15) is 0 Å². The predicted octanol–water partition coefficient (Wildman–Crippen LogP) is 1.34. The van der Waals surface area contributed by atoms with Gasteiger partial charge in [0, 0.05) is 0 Å². The van der Waals surface area contributed by atoms with Crippen LogP contribution in [0.1, 0.15) is 12.8 Å². The van der Waals surface area contributed by atoms with Crippen LogP contribution < -0.4 is 5.32 Å². The Morgan fingerprint density at radius 3 is 2.85 bits per heavy atom. The first kappa shape index (κ1) is 9.74. The minimum atomic E-state index is -0.727. The fourth-order valence-electron chi connectivity index (χ4n) is 1.16. The summed E-state index contributed by atoms with van der Waals surface area (Å²) < 4.78 is 0. The van der Waals surface area contributed by atoms with Crippen LogP contribution in [0.25, 0.3) is 0 Å². The third-order valence-corrected chi connectivity index (χ3v) is 1.83. The Balaban J connectivity index is 2.67. The summed E-state index contributed by atoms with van der Waals surface area (Å²) in [5.41, 5.74) is 1.63. The van der Waals surface area contributed by atoms with Crippen molar-refractivity contribution in [1.82, 2.24) is 5.32 Å². The van der Waals surface area contributed by atoms with Crippen LogP contribution in [0.3, 0.4) is 0 Å². The zero-order valence-corrected chi connectivity index (χ0v) is 7.53. The Morgan fingerprint density at radius 2 is 2.23 bits per heavy atom. The summed E-state index contributed by atoms with van der Waals surface area (Å²) in [6.45, 7) is 6.93. The van der Waals surface area contributed by atoms with Gasteiger partial charge in [-0.15, -0.1) is 0 Å². The van der Waals surface area contributed by atoms with E-state index >= 15 is 0 Å². The molecular weight excluding hydrogens is 164 g/mol. The van der Waals surface area contributed by atoms with Gasteiger partial charge in [-0.05, 0) is 25.6 Å². The first-order valence-electron chi connectivity index (χ1n) is 4.22. The van der Waals surface area contributed by atoms with Gasteiger partial charge < -0.3 is 10.4 Å². The van der Waals surface area contributed by atoms with Crippen LogP contribution in [0.2, 0.25) is 0 Å². The van der Waals surface area contributed by atoms with Crippen LogP contribution in [-0.4, -0.2) is 18.1 Å². The van der Waals surface area contributed by atoms with Crippen molar-refractivity contribution in [1.29, 1.82) is 0 Å². The van der Waals surface area contributed by atoms with E-state index in [4.69, 9.17) is 0 Å². The van der Waals surface area contributed by atoms with E-state index in [0.29, 0.717) is 0 Å². The highest BCUT2D eigenvalue weighted by Gasteiger charge is 2.08. The van der Waals surface area contributed by atoms with E-state index < -0.39 is 6.23 Å². The van der Waals surface area contributed by atoms with Crippen LogP contribution in [0.4, 0.5) is 0 Å². The molecule has 0 amide bonds. The van der Waals surface area contributed by atoms with Crippen molar-refractivity contribution in [2.45, 2.75) is 19.1 Å². The third kappa shape index (κ3) is 2.56. The first-order chi connectivity index (χ1) is 6.27. The zero-order valence-electron chi connectivity index (χ0n) is 7.53. The molecule has 0 heterocycles. The van der Waals surface area contributed by atoms with Gasteiger partial charge in [0.2, 0.25) is 0 Å². The summed E-state index contributed by atoms with van der Waals surface area (Å²) in [6, 6.07) is 0. The number of allylic oxidation sites excluding steroid dienone is 2. The van der Waals surface area contributed by atoms with Crippen LogP contribution in [0, 0.1) is 0 Å². The molecule has 1 aliphatic rings. The molecule has 0 bridgehead atoms. The molecule has 70 valence electrons. The smallest absolute Gasteiger partial charge is 0.143 e. The van der Waals surface area contributed by atoms with E-state index in [2.05, 4.69) is 23.6 Å². The molecule has 3 nitrogen and oxygen atoms in total. The molecular formula is C10H14N2O. The molecule has 0 aromatic carbocycles. The molecule has 0 fully saturated rings. The molecule has 1 rings (SSSR count). The van der Waals surface area contributed by atoms with Gasteiger partial charge in [0.15, 0.2) is 0 Å². The van der Waals surface area contributed by atoms with Crippen molar-refractivity contribution in [2.75, 3.05) is 0 Å². The number of aliphatic hydroxyl groups is 1. The quantitative estimate of drug-likeness (QED) is 0.387. The second-order valence-corrected chi connectivity index (χ2v) is 2.77. The third-order valence-electron chi connectivity index (χ3n) is 1.83. The first-order valence-corrected chi connectivity index (χ1v) is 4.22. The molecule has 0 aliphatic heterocycles. The number of nitrogens with one attached hydrogen (secondary N) is 1. The van der Waals surface area contributed by atoms with Gasteiger partial charge in [-0.1, -0.05) is 18.7 Å². The lowest BCUT2D eigenvalue weighted by Gasteiger charge is -2.16. The van der Waals surface area contributed by atoms with E-state index in [-0.39, 0.29) is 0 Å². The lowest BCUT2D eigenvalue weighted by molar-refractivity contribution is 0.198. The van der Waals surface area contributed by atoms with Crippen LogP contribution in [-0.2, 0) is 0 Å². The molecule has 3 heteroatoms. The maximum atomic E-state index is 9.26. The summed E-state index contributed by atoms with van der Waals surface area (Å²) >= 11 is 0. The Kier molecular flexibility index (Phi) is 3.46. The molecule has 0 saturated carbocycles. The molecule has 0 saturated heterocycles. The maximum absolute atomic E-state index is 9.26. The van der Waals surface area contributed by atoms with Crippen molar-refractivity contribution in [3.8, 4) is 0 Å². The van der Waals surface area contributed by atoms with Gasteiger partial charge in [0.05, 0.1) is 11.4 Å². The molecule has 1 aliphatic carbocycles. The predicted molar refractivity (Wildman–Crippen MR) is 54.3 cm³/mol. The number of hydrogen-bond acceptors (Lipinski definition) is 3. The van der Waals surface area contributed by atoms with Crippen molar-refractivity contribution >= 4 is 6.72 Å². The summed E-state index contributed by atoms with van der Waals surface area (Å²) in [7, 11) is 0. The largest absolute Gasteiger partial charge is 0.370 e. The van der Waals surface area contributed by atoms with Crippen molar-refractivity contribution < 1.29 is 5.11 Å². The Bertz CT molecular complexity index is 266. The summed E-state index contributed by atoms with van der Waals surface area (Å²) in [5.74, 6) is 0. The van der Waals surface area contributed by atoms with Gasteiger partial charge in [-0.3, -0.25) is 4.99 Å². The molecule has 13 heavy (non-hydrogen) atoms. The van der Waals surface area contributed by atoms with E-state index in [1.165, 1.54) is 6.08 Å². The summed E-state index contributed by atoms with van der Waals surface area (Å²) in [4.78, 5) is 3.85. The average molecular weight is 178 g/mol. The minimum Gasteiger partial charge on any atom is -0.370 e. The molecule has 1 unspecified atom stereocenters. The van der Waals surface area contributed by atoms with Crippen LogP contribution >= 0.6 is 0 Å². The van der Waals surface area contributed by atoms with Crippen molar-refractivity contribution in [2.24, 2.45) is 4.99 Å². The maximum Gasteiger partial charge on any atom is 0.143 e. The fraction of sp³-hybridized carbons (Fsp3) is 0.300. The number of aliphatic hydroxyl groups excluding tert-OH is 1. The second-order valence-electron chi connectivity index (χ2n) is 2.77.